The van der Waals surface area contributed by atoms with Crippen LogP contribution in [-0.2, 0) is 0 Å². The summed E-state index contributed by atoms with van der Waals surface area (Å²) < 4.78 is 10.8. The molecule has 2 nitrogen and oxygen atoms in total. The van der Waals surface area contributed by atoms with Crippen molar-refractivity contribution in [2.24, 2.45) is 0 Å². The third-order valence-electron chi connectivity index (χ3n) is 6.64. The van der Waals surface area contributed by atoms with Gasteiger partial charge in [0.05, 0.1) is 14.2 Å². The summed E-state index contributed by atoms with van der Waals surface area (Å²) >= 11 is 0. The molecular formula is C32H24O2. The van der Waals surface area contributed by atoms with Crippen LogP contribution in [0.25, 0.3) is 54.6 Å². The Kier molecular flexibility index (Phi) is 4.92. The predicted molar refractivity (Wildman–Crippen MR) is 143 cm³/mol. The third kappa shape index (κ3) is 3.45. The fraction of sp³-hybridized carbons (Fsp3) is 0.0625. The molecule has 0 unspecified atom stereocenters. The van der Waals surface area contributed by atoms with Crippen molar-refractivity contribution in [2.45, 2.75) is 0 Å². The van der Waals surface area contributed by atoms with Gasteiger partial charge in [0.2, 0.25) is 0 Å². The highest BCUT2D eigenvalue weighted by Gasteiger charge is 2.11. The Bertz CT molecular complexity index is 1550. The Morgan fingerprint density at radius 2 is 0.824 bits per heavy atom. The number of hydrogen-bond acceptors (Lipinski definition) is 2. The van der Waals surface area contributed by atoms with Crippen LogP contribution in [0.4, 0.5) is 0 Å². The SMILES string of the molecule is COc1ccc2cc(-c3ccc(-c4ccc5cc(OC)ccc5c4)c4ccccc34)ccc2c1. The second-order valence-corrected chi connectivity index (χ2v) is 8.56. The Labute approximate surface area is 199 Å². The van der Waals surface area contributed by atoms with Gasteiger partial charge in [-0.3, -0.25) is 0 Å². The van der Waals surface area contributed by atoms with E-state index in [0.717, 1.165) is 11.5 Å². The lowest BCUT2D eigenvalue weighted by molar-refractivity contribution is 0.415. The molecule has 0 aromatic heterocycles. The number of rotatable bonds is 4. The second kappa shape index (κ2) is 8.24. The van der Waals surface area contributed by atoms with Gasteiger partial charge >= 0.3 is 0 Å². The van der Waals surface area contributed by atoms with Crippen LogP contribution in [0.3, 0.4) is 0 Å². The highest BCUT2D eigenvalue weighted by Crippen LogP contribution is 2.38. The lowest BCUT2D eigenvalue weighted by Crippen LogP contribution is -1.88. The zero-order valence-corrected chi connectivity index (χ0v) is 19.2. The lowest BCUT2D eigenvalue weighted by Gasteiger charge is -2.14. The van der Waals surface area contributed by atoms with Gasteiger partial charge in [-0.2, -0.15) is 0 Å². The molecule has 0 saturated heterocycles. The van der Waals surface area contributed by atoms with E-state index in [-0.39, 0.29) is 0 Å². The quantitative estimate of drug-likeness (QED) is 0.274. The summed E-state index contributed by atoms with van der Waals surface area (Å²) in [6.07, 6.45) is 0. The van der Waals surface area contributed by atoms with E-state index in [4.69, 9.17) is 9.47 Å². The summed E-state index contributed by atoms with van der Waals surface area (Å²) in [5.74, 6) is 1.76. The minimum absolute atomic E-state index is 0.879. The minimum Gasteiger partial charge on any atom is -0.497 e. The molecule has 2 heteroatoms. The Hall–Kier alpha value is -4.30. The van der Waals surface area contributed by atoms with E-state index in [1.54, 1.807) is 14.2 Å². The largest absolute Gasteiger partial charge is 0.497 e. The maximum atomic E-state index is 5.38. The molecule has 0 heterocycles. The summed E-state index contributed by atoms with van der Waals surface area (Å²) in [5.41, 5.74) is 4.90. The van der Waals surface area contributed by atoms with Gasteiger partial charge in [-0.15, -0.1) is 0 Å². The third-order valence-corrected chi connectivity index (χ3v) is 6.64. The number of hydrogen-bond donors (Lipinski definition) is 0. The Morgan fingerprint density at radius 3 is 1.26 bits per heavy atom. The van der Waals surface area contributed by atoms with Crippen molar-refractivity contribution in [2.75, 3.05) is 14.2 Å². The lowest BCUT2D eigenvalue weighted by atomic mass is 9.90. The Balaban J connectivity index is 1.49. The summed E-state index contributed by atoms with van der Waals surface area (Å²) in [6, 6.07) is 38.9. The standard InChI is InChI=1S/C32H24O2/c1-33-27-13-11-21-17-25(9-7-23(21)19-27)29-15-16-30(32-6-4-3-5-31(29)32)26-10-8-24-20-28(34-2)14-12-22(24)18-26/h3-20H,1-2H3. The van der Waals surface area contributed by atoms with Gasteiger partial charge in [-0.05, 0) is 91.0 Å². The molecule has 0 atom stereocenters. The molecule has 6 aromatic carbocycles. The van der Waals surface area contributed by atoms with E-state index >= 15 is 0 Å². The molecule has 0 N–H and O–H groups in total. The molecule has 0 aliphatic rings. The fourth-order valence-electron chi connectivity index (χ4n) is 4.84. The maximum absolute atomic E-state index is 5.38. The predicted octanol–water partition coefficient (Wildman–Crippen LogP) is 8.50. The molecule has 34 heavy (non-hydrogen) atoms. The van der Waals surface area contributed by atoms with E-state index in [0.29, 0.717) is 0 Å². The average Bonchev–Trinajstić information content (AvgIpc) is 2.91. The first-order valence-corrected chi connectivity index (χ1v) is 11.4. The van der Waals surface area contributed by atoms with E-state index in [1.165, 1.54) is 54.6 Å². The van der Waals surface area contributed by atoms with Gasteiger partial charge in [0.1, 0.15) is 11.5 Å². The first kappa shape index (κ1) is 20.3. The van der Waals surface area contributed by atoms with E-state index in [2.05, 4.69) is 97.1 Å². The van der Waals surface area contributed by atoms with Crippen molar-refractivity contribution in [3.63, 3.8) is 0 Å². The van der Waals surface area contributed by atoms with Crippen molar-refractivity contribution >= 4 is 32.3 Å². The highest BCUT2D eigenvalue weighted by molar-refractivity contribution is 6.06. The molecule has 0 fully saturated rings. The van der Waals surface area contributed by atoms with Crippen LogP contribution >= 0.6 is 0 Å². The van der Waals surface area contributed by atoms with Gasteiger partial charge in [-0.25, -0.2) is 0 Å². The highest BCUT2D eigenvalue weighted by atomic mass is 16.5. The van der Waals surface area contributed by atoms with Crippen molar-refractivity contribution in [3.05, 3.63) is 109 Å². The number of benzene rings is 6. The molecule has 0 amide bonds. The van der Waals surface area contributed by atoms with Crippen LogP contribution in [0.1, 0.15) is 0 Å². The molecule has 0 bridgehead atoms. The normalized spacial score (nSPS) is 11.2. The van der Waals surface area contributed by atoms with Crippen LogP contribution < -0.4 is 9.47 Å². The topological polar surface area (TPSA) is 18.5 Å². The monoisotopic (exact) mass is 440 g/mol. The van der Waals surface area contributed by atoms with Crippen LogP contribution in [0.5, 0.6) is 11.5 Å². The smallest absolute Gasteiger partial charge is 0.119 e. The van der Waals surface area contributed by atoms with Crippen LogP contribution in [-0.4, -0.2) is 14.2 Å². The number of methoxy groups -OCH3 is 2. The van der Waals surface area contributed by atoms with Crippen molar-refractivity contribution < 1.29 is 9.47 Å². The fourth-order valence-corrected chi connectivity index (χ4v) is 4.84. The molecule has 0 aliphatic carbocycles. The second-order valence-electron chi connectivity index (χ2n) is 8.56. The molecule has 0 spiro atoms. The van der Waals surface area contributed by atoms with Gasteiger partial charge in [0.15, 0.2) is 0 Å². The van der Waals surface area contributed by atoms with Crippen molar-refractivity contribution in [1.29, 1.82) is 0 Å². The summed E-state index contributed by atoms with van der Waals surface area (Å²) in [5, 5.41) is 7.27. The zero-order valence-electron chi connectivity index (χ0n) is 19.2. The zero-order chi connectivity index (χ0) is 23.1. The van der Waals surface area contributed by atoms with Crippen LogP contribution in [0.2, 0.25) is 0 Å². The van der Waals surface area contributed by atoms with Crippen LogP contribution in [0.15, 0.2) is 109 Å². The van der Waals surface area contributed by atoms with E-state index in [9.17, 15) is 0 Å². The first-order valence-electron chi connectivity index (χ1n) is 11.4. The van der Waals surface area contributed by atoms with Gasteiger partial charge in [0.25, 0.3) is 0 Å². The first-order chi connectivity index (χ1) is 16.7. The molecular weight excluding hydrogens is 416 g/mol. The van der Waals surface area contributed by atoms with Gasteiger partial charge in [-0.1, -0.05) is 72.8 Å². The van der Waals surface area contributed by atoms with Gasteiger partial charge in [0, 0.05) is 0 Å². The van der Waals surface area contributed by atoms with Crippen molar-refractivity contribution in [1.82, 2.24) is 0 Å². The summed E-state index contributed by atoms with van der Waals surface area (Å²) in [7, 11) is 3.41. The molecule has 6 rings (SSSR count). The average molecular weight is 441 g/mol. The molecule has 6 aromatic rings. The minimum atomic E-state index is 0.879. The summed E-state index contributed by atoms with van der Waals surface area (Å²) in [4.78, 5) is 0. The number of fused-ring (bicyclic) bond motifs is 3. The molecule has 0 aliphatic heterocycles. The van der Waals surface area contributed by atoms with E-state index in [1.807, 2.05) is 12.1 Å². The number of ether oxygens (including phenoxy) is 2. The molecule has 0 radical (unpaired) electrons. The molecule has 164 valence electrons. The summed E-state index contributed by atoms with van der Waals surface area (Å²) in [6.45, 7) is 0. The maximum Gasteiger partial charge on any atom is 0.119 e. The van der Waals surface area contributed by atoms with E-state index < -0.39 is 0 Å². The van der Waals surface area contributed by atoms with Crippen LogP contribution in [0, 0.1) is 0 Å². The Morgan fingerprint density at radius 1 is 0.412 bits per heavy atom. The van der Waals surface area contributed by atoms with Gasteiger partial charge < -0.3 is 9.47 Å². The molecule has 0 saturated carbocycles. The van der Waals surface area contributed by atoms with Crippen molar-refractivity contribution in [3.8, 4) is 33.8 Å².